The van der Waals surface area contributed by atoms with Gasteiger partial charge in [-0.15, -0.1) is 0 Å². The molecule has 0 bridgehead atoms. The minimum Gasteiger partial charge on any atom is -0.481 e. The Balaban J connectivity index is 2.20. The molecule has 1 aromatic rings. The van der Waals surface area contributed by atoms with Gasteiger partial charge in [0.05, 0.1) is 5.92 Å². The van der Waals surface area contributed by atoms with E-state index in [0.717, 1.165) is 31.5 Å². The van der Waals surface area contributed by atoms with E-state index in [0.29, 0.717) is 6.54 Å². The molecular weight excluding hydrogens is 214 g/mol. The van der Waals surface area contributed by atoms with E-state index in [9.17, 15) is 9.90 Å². The number of aliphatic carboxylic acids is 1. The molecule has 2 rings (SSSR count). The first-order chi connectivity index (χ1) is 8.22. The first-order valence-electron chi connectivity index (χ1n) is 6.25. The van der Waals surface area contributed by atoms with Crippen molar-refractivity contribution in [3.05, 3.63) is 35.4 Å². The third-order valence-corrected chi connectivity index (χ3v) is 3.39. The monoisotopic (exact) mass is 233 g/mol. The predicted molar refractivity (Wildman–Crippen MR) is 67.0 cm³/mol. The molecule has 1 atom stereocenters. The first kappa shape index (κ1) is 12.1. The van der Waals surface area contributed by atoms with Gasteiger partial charge in [-0.25, -0.2) is 0 Å². The van der Waals surface area contributed by atoms with Crippen LogP contribution in [0, 0.1) is 0 Å². The number of fused-ring (bicyclic) bond motifs is 1. The lowest BCUT2D eigenvalue weighted by atomic mass is 9.90. The fourth-order valence-corrected chi connectivity index (χ4v) is 2.44. The second-order valence-corrected chi connectivity index (χ2v) is 4.68. The van der Waals surface area contributed by atoms with Crippen LogP contribution in [0.1, 0.15) is 36.8 Å². The number of carboxylic acid groups (broad SMARTS) is 1. The lowest BCUT2D eigenvalue weighted by molar-refractivity contribution is -0.139. The molecule has 0 saturated carbocycles. The van der Waals surface area contributed by atoms with Crippen molar-refractivity contribution in [1.29, 1.82) is 0 Å². The summed E-state index contributed by atoms with van der Waals surface area (Å²) < 4.78 is 0. The third kappa shape index (κ3) is 2.67. The van der Waals surface area contributed by atoms with Crippen LogP contribution in [0.4, 0.5) is 0 Å². The number of hydrogen-bond acceptors (Lipinski definition) is 2. The molecule has 0 aromatic heterocycles. The van der Waals surface area contributed by atoms with Crippen LogP contribution in [-0.4, -0.2) is 29.1 Å². The van der Waals surface area contributed by atoms with E-state index in [4.69, 9.17) is 0 Å². The fourth-order valence-electron chi connectivity index (χ4n) is 2.44. The number of nitrogens with zero attached hydrogens (tertiary/aromatic N) is 1. The summed E-state index contributed by atoms with van der Waals surface area (Å²) in [6.07, 6.45) is 2.28. The number of hydrogen-bond donors (Lipinski definition) is 1. The summed E-state index contributed by atoms with van der Waals surface area (Å²) in [5, 5.41) is 9.30. The fraction of sp³-hybridized carbons (Fsp3) is 0.500. The van der Waals surface area contributed by atoms with E-state index >= 15 is 0 Å². The Morgan fingerprint density at radius 2 is 2.24 bits per heavy atom. The summed E-state index contributed by atoms with van der Waals surface area (Å²) in [6.45, 7) is 4.69. The Bertz CT molecular complexity index is 403. The van der Waals surface area contributed by atoms with Gasteiger partial charge < -0.3 is 5.11 Å². The lowest BCUT2D eigenvalue weighted by Crippen LogP contribution is -2.37. The van der Waals surface area contributed by atoms with Crippen LogP contribution in [0.25, 0.3) is 0 Å². The Labute approximate surface area is 102 Å². The summed E-state index contributed by atoms with van der Waals surface area (Å²) in [5.41, 5.74) is 2.16. The zero-order valence-corrected chi connectivity index (χ0v) is 10.2. The Morgan fingerprint density at radius 3 is 2.94 bits per heavy atom. The maximum absolute atomic E-state index is 11.3. The lowest BCUT2D eigenvalue weighted by Gasteiger charge is -2.32. The van der Waals surface area contributed by atoms with Crippen LogP contribution in [-0.2, 0) is 11.3 Å². The predicted octanol–water partition coefficient (Wildman–Crippen LogP) is 2.47. The highest BCUT2D eigenvalue weighted by molar-refractivity contribution is 5.77. The van der Waals surface area contributed by atoms with Crippen LogP contribution in [0.2, 0.25) is 0 Å². The molecule has 1 unspecified atom stereocenters. The second-order valence-electron chi connectivity index (χ2n) is 4.68. The van der Waals surface area contributed by atoms with Gasteiger partial charge in [0, 0.05) is 13.1 Å². The molecule has 3 nitrogen and oxygen atoms in total. The van der Waals surface area contributed by atoms with Crippen molar-refractivity contribution in [2.24, 2.45) is 0 Å². The van der Waals surface area contributed by atoms with Crippen molar-refractivity contribution in [3.63, 3.8) is 0 Å². The summed E-state index contributed by atoms with van der Waals surface area (Å²) >= 11 is 0. The average molecular weight is 233 g/mol. The molecule has 17 heavy (non-hydrogen) atoms. The molecule has 0 aliphatic carbocycles. The smallest absolute Gasteiger partial charge is 0.312 e. The van der Waals surface area contributed by atoms with Crippen LogP contribution >= 0.6 is 0 Å². The molecule has 1 aliphatic heterocycles. The van der Waals surface area contributed by atoms with Gasteiger partial charge in [-0.2, -0.15) is 0 Å². The van der Waals surface area contributed by atoms with Gasteiger partial charge >= 0.3 is 5.97 Å². The van der Waals surface area contributed by atoms with E-state index < -0.39 is 5.97 Å². The summed E-state index contributed by atoms with van der Waals surface area (Å²) in [4.78, 5) is 13.6. The number of rotatable bonds is 4. The molecule has 1 aromatic carbocycles. The van der Waals surface area contributed by atoms with Crippen molar-refractivity contribution >= 4 is 5.97 Å². The Morgan fingerprint density at radius 1 is 1.47 bits per heavy atom. The summed E-state index contributed by atoms with van der Waals surface area (Å²) in [7, 11) is 0. The maximum atomic E-state index is 11.3. The zero-order valence-electron chi connectivity index (χ0n) is 10.2. The van der Waals surface area contributed by atoms with Crippen molar-refractivity contribution in [2.75, 3.05) is 13.1 Å². The molecule has 0 amide bonds. The quantitative estimate of drug-likeness (QED) is 0.868. The largest absolute Gasteiger partial charge is 0.481 e. The average Bonchev–Trinajstić information content (AvgIpc) is 2.35. The highest BCUT2D eigenvalue weighted by atomic mass is 16.4. The molecule has 1 aliphatic rings. The van der Waals surface area contributed by atoms with Gasteiger partial charge in [0.15, 0.2) is 0 Å². The second kappa shape index (κ2) is 5.32. The normalized spacial score (nSPS) is 19.9. The van der Waals surface area contributed by atoms with Gasteiger partial charge in [-0.05, 0) is 24.1 Å². The van der Waals surface area contributed by atoms with Crippen molar-refractivity contribution in [3.8, 4) is 0 Å². The van der Waals surface area contributed by atoms with Gasteiger partial charge in [-0.1, -0.05) is 37.6 Å². The van der Waals surface area contributed by atoms with Crippen LogP contribution in [0.5, 0.6) is 0 Å². The van der Waals surface area contributed by atoms with Crippen molar-refractivity contribution in [1.82, 2.24) is 4.90 Å². The number of unbranched alkanes of at least 4 members (excludes halogenated alkanes) is 1. The first-order valence-corrected chi connectivity index (χ1v) is 6.25. The molecule has 1 N–H and O–H groups in total. The van der Waals surface area contributed by atoms with Gasteiger partial charge in [-0.3, -0.25) is 9.69 Å². The van der Waals surface area contributed by atoms with Gasteiger partial charge in [0.2, 0.25) is 0 Å². The molecule has 0 spiro atoms. The van der Waals surface area contributed by atoms with Gasteiger partial charge in [0.1, 0.15) is 0 Å². The van der Waals surface area contributed by atoms with E-state index in [-0.39, 0.29) is 5.92 Å². The molecule has 0 saturated heterocycles. The maximum Gasteiger partial charge on any atom is 0.312 e. The summed E-state index contributed by atoms with van der Waals surface area (Å²) in [5.74, 6) is -1.07. The molecule has 3 heteroatoms. The molecule has 1 heterocycles. The Kier molecular flexibility index (Phi) is 3.79. The standard InChI is InChI=1S/C14H19NO2/c1-2-3-8-15-9-11-6-4-5-7-12(11)13(10-15)14(16)17/h4-7,13H,2-3,8-10H2,1H3,(H,16,17). The van der Waals surface area contributed by atoms with E-state index in [1.54, 1.807) is 0 Å². The molecule has 92 valence electrons. The molecular formula is C14H19NO2. The van der Waals surface area contributed by atoms with E-state index in [2.05, 4.69) is 11.8 Å². The third-order valence-electron chi connectivity index (χ3n) is 3.39. The molecule has 0 radical (unpaired) electrons. The van der Waals surface area contributed by atoms with Crippen molar-refractivity contribution < 1.29 is 9.90 Å². The topological polar surface area (TPSA) is 40.5 Å². The Hall–Kier alpha value is -1.35. The molecule has 0 fully saturated rings. The minimum atomic E-state index is -0.710. The number of benzene rings is 1. The minimum absolute atomic E-state index is 0.364. The highest BCUT2D eigenvalue weighted by Crippen LogP contribution is 2.28. The van der Waals surface area contributed by atoms with Crippen LogP contribution in [0.15, 0.2) is 24.3 Å². The number of carboxylic acids is 1. The summed E-state index contributed by atoms with van der Waals surface area (Å²) in [6, 6.07) is 7.91. The van der Waals surface area contributed by atoms with E-state index in [1.807, 2.05) is 24.3 Å². The number of carbonyl (C=O) groups is 1. The van der Waals surface area contributed by atoms with Crippen LogP contribution < -0.4 is 0 Å². The zero-order chi connectivity index (χ0) is 12.3. The van der Waals surface area contributed by atoms with E-state index in [1.165, 1.54) is 5.56 Å². The van der Waals surface area contributed by atoms with Crippen LogP contribution in [0.3, 0.4) is 0 Å². The highest BCUT2D eigenvalue weighted by Gasteiger charge is 2.29. The SMILES string of the molecule is CCCCN1Cc2ccccc2C(C(=O)O)C1. The van der Waals surface area contributed by atoms with Gasteiger partial charge in [0.25, 0.3) is 0 Å². The van der Waals surface area contributed by atoms with Crippen molar-refractivity contribution in [2.45, 2.75) is 32.2 Å².